The van der Waals surface area contributed by atoms with E-state index in [1.54, 1.807) is 0 Å². The van der Waals surface area contributed by atoms with Crippen LogP contribution in [0.4, 0.5) is 0 Å². The number of aromatic amines is 1. The minimum absolute atomic E-state index is 0.304. The third-order valence-electron chi connectivity index (χ3n) is 6.83. The normalized spacial score (nSPS) is 22.0. The molecule has 1 saturated heterocycles. The van der Waals surface area contributed by atoms with Crippen LogP contribution in [0, 0.1) is 6.92 Å². The van der Waals surface area contributed by atoms with E-state index in [0.29, 0.717) is 12.5 Å². The molecule has 2 aromatic rings. The molecule has 5 heteroatoms. The van der Waals surface area contributed by atoms with Crippen molar-refractivity contribution in [1.29, 1.82) is 0 Å². The monoisotopic (exact) mass is 366 g/mol. The average Bonchev–Trinajstić information content (AvgIpc) is 2.98. The number of aryl methyl sites for hydroxylation is 1. The fraction of sp³-hybridized carbons (Fsp3) is 0.591. The third-order valence-corrected chi connectivity index (χ3v) is 6.83. The van der Waals surface area contributed by atoms with Gasteiger partial charge in [-0.2, -0.15) is 0 Å². The average molecular weight is 367 g/mol. The second kappa shape index (κ2) is 6.95. The number of rotatable bonds is 3. The molecule has 5 nitrogen and oxygen atoms in total. The van der Waals surface area contributed by atoms with E-state index in [2.05, 4.69) is 44.8 Å². The molecule has 144 valence electrons. The first-order valence-electron chi connectivity index (χ1n) is 10.5. The summed E-state index contributed by atoms with van der Waals surface area (Å²) in [4.78, 5) is 23.4. The van der Waals surface area contributed by atoms with Gasteiger partial charge in [0.2, 0.25) is 5.91 Å². The number of benzene rings is 1. The predicted molar refractivity (Wildman–Crippen MR) is 108 cm³/mol. The van der Waals surface area contributed by atoms with E-state index in [4.69, 9.17) is 0 Å². The summed E-state index contributed by atoms with van der Waals surface area (Å²) in [5.41, 5.74) is 5.28. The smallest absolute Gasteiger partial charge is 0.236 e. The second-order valence-electron chi connectivity index (χ2n) is 8.59. The van der Waals surface area contributed by atoms with E-state index in [0.717, 1.165) is 51.7 Å². The number of hydrogen-bond donors (Lipinski definition) is 1. The second-order valence-corrected chi connectivity index (χ2v) is 8.59. The summed E-state index contributed by atoms with van der Waals surface area (Å²) in [5, 5.41) is 1.36. The van der Waals surface area contributed by atoms with Crippen LogP contribution in [0.3, 0.4) is 0 Å². The van der Waals surface area contributed by atoms with Crippen LogP contribution in [0.25, 0.3) is 10.9 Å². The summed E-state index contributed by atoms with van der Waals surface area (Å²) in [6.45, 7) is 8.46. The summed E-state index contributed by atoms with van der Waals surface area (Å²) in [6.07, 6.45) is 5.12. The number of hydrogen-bond acceptors (Lipinski definition) is 3. The molecule has 0 spiro atoms. The summed E-state index contributed by atoms with van der Waals surface area (Å²) < 4.78 is 0. The minimum Gasteiger partial charge on any atom is -0.357 e. The van der Waals surface area contributed by atoms with Crippen LogP contribution in [-0.4, -0.2) is 70.9 Å². The van der Waals surface area contributed by atoms with E-state index < -0.39 is 0 Å². The molecule has 3 heterocycles. The molecule has 27 heavy (non-hydrogen) atoms. The van der Waals surface area contributed by atoms with Gasteiger partial charge in [-0.1, -0.05) is 18.1 Å². The van der Waals surface area contributed by atoms with E-state index in [9.17, 15) is 4.79 Å². The van der Waals surface area contributed by atoms with E-state index >= 15 is 0 Å². The number of piperazine rings is 1. The van der Waals surface area contributed by atoms with Gasteiger partial charge in [0.05, 0.1) is 6.54 Å². The van der Waals surface area contributed by atoms with Crippen molar-refractivity contribution >= 4 is 16.8 Å². The van der Waals surface area contributed by atoms with Gasteiger partial charge < -0.3 is 9.88 Å². The summed E-state index contributed by atoms with van der Waals surface area (Å²) >= 11 is 0. The van der Waals surface area contributed by atoms with Crippen LogP contribution in [-0.2, 0) is 17.8 Å². The molecule has 1 aromatic carbocycles. The Labute approximate surface area is 161 Å². The van der Waals surface area contributed by atoms with E-state index in [1.807, 2.05) is 0 Å². The van der Waals surface area contributed by atoms with Crippen molar-refractivity contribution in [2.45, 2.75) is 45.2 Å². The van der Waals surface area contributed by atoms with Crippen LogP contribution in [0.15, 0.2) is 18.2 Å². The van der Waals surface area contributed by atoms with Crippen molar-refractivity contribution in [2.24, 2.45) is 0 Å². The maximum Gasteiger partial charge on any atom is 0.236 e. The Hall–Kier alpha value is -1.85. The van der Waals surface area contributed by atoms with Gasteiger partial charge in [-0.25, -0.2) is 0 Å². The topological polar surface area (TPSA) is 42.6 Å². The van der Waals surface area contributed by atoms with Gasteiger partial charge in [-0.3, -0.25) is 14.6 Å². The highest BCUT2D eigenvalue weighted by Gasteiger charge is 2.30. The van der Waals surface area contributed by atoms with Gasteiger partial charge in [0.25, 0.3) is 0 Å². The van der Waals surface area contributed by atoms with Crippen molar-refractivity contribution in [3.05, 3.63) is 35.0 Å². The zero-order valence-corrected chi connectivity index (χ0v) is 16.3. The lowest BCUT2D eigenvalue weighted by molar-refractivity contribution is -0.135. The molecular formula is C22H30N4O. The summed E-state index contributed by atoms with van der Waals surface area (Å²) in [5.74, 6) is 0.304. The highest BCUT2D eigenvalue weighted by molar-refractivity contribution is 5.85. The molecule has 2 fully saturated rings. The standard InChI is InChI=1S/C22H30N4O/c1-16-5-6-20-19(13-16)18-7-8-24(14-21(18)23-20)15-22(27)26-11-9-25(10-12-26)17-3-2-4-17/h5-6,13,17,23H,2-4,7-12,14-15H2,1H3. The number of H-pyrrole nitrogens is 1. The van der Waals surface area contributed by atoms with Crippen molar-refractivity contribution in [1.82, 2.24) is 19.7 Å². The first-order chi connectivity index (χ1) is 13.2. The maximum absolute atomic E-state index is 12.8. The van der Waals surface area contributed by atoms with Gasteiger partial charge in [0.1, 0.15) is 0 Å². The molecule has 1 N–H and O–H groups in total. The molecule has 1 aliphatic carbocycles. The zero-order chi connectivity index (χ0) is 18.4. The van der Waals surface area contributed by atoms with E-state index in [-0.39, 0.29) is 0 Å². The van der Waals surface area contributed by atoms with Gasteiger partial charge in [-0.05, 0) is 43.9 Å². The molecule has 0 unspecified atom stereocenters. The molecular weight excluding hydrogens is 336 g/mol. The number of aromatic nitrogens is 1. The Morgan fingerprint density at radius 2 is 1.96 bits per heavy atom. The first kappa shape index (κ1) is 17.3. The van der Waals surface area contributed by atoms with Crippen LogP contribution in [0.1, 0.15) is 36.1 Å². The molecule has 2 aliphatic heterocycles. The summed E-state index contributed by atoms with van der Waals surface area (Å²) in [6, 6.07) is 7.43. The Morgan fingerprint density at radius 3 is 2.70 bits per heavy atom. The van der Waals surface area contributed by atoms with E-state index in [1.165, 1.54) is 47.0 Å². The van der Waals surface area contributed by atoms with Gasteiger partial charge in [0, 0.05) is 61.9 Å². The largest absolute Gasteiger partial charge is 0.357 e. The quantitative estimate of drug-likeness (QED) is 0.908. The summed E-state index contributed by atoms with van der Waals surface area (Å²) in [7, 11) is 0. The number of carbonyl (C=O) groups is 1. The fourth-order valence-electron chi connectivity index (χ4n) is 4.92. The Morgan fingerprint density at radius 1 is 1.15 bits per heavy atom. The lowest BCUT2D eigenvalue weighted by atomic mass is 9.91. The number of fused-ring (bicyclic) bond motifs is 3. The lowest BCUT2D eigenvalue weighted by Crippen LogP contribution is -2.55. The van der Waals surface area contributed by atoms with Gasteiger partial charge in [-0.15, -0.1) is 0 Å². The van der Waals surface area contributed by atoms with Gasteiger partial charge >= 0.3 is 0 Å². The van der Waals surface area contributed by atoms with Crippen LogP contribution >= 0.6 is 0 Å². The molecule has 5 rings (SSSR count). The van der Waals surface area contributed by atoms with Crippen molar-refractivity contribution < 1.29 is 4.79 Å². The number of carbonyl (C=O) groups excluding carboxylic acids is 1. The molecule has 1 amide bonds. The molecule has 1 saturated carbocycles. The van der Waals surface area contributed by atoms with Gasteiger partial charge in [0.15, 0.2) is 0 Å². The molecule has 3 aliphatic rings. The predicted octanol–water partition coefficient (Wildman–Crippen LogP) is 2.53. The van der Waals surface area contributed by atoms with Crippen LogP contribution in [0.2, 0.25) is 0 Å². The number of amides is 1. The number of nitrogens with zero attached hydrogens (tertiary/aromatic N) is 3. The Kier molecular flexibility index (Phi) is 4.44. The highest BCUT2D eigenvalue weighted by atomic mass is 16.2. The SMILES string of the molecule is Cc1ccc2[nH]c3c(c2c1)CCN(CC(=O)N1CCN(C2CCC2)CC1)C3. The molecule has 0 radical (unpaired) electrons. The highest BCUT2D eigenvalue weighted by Crippen LogP contribution is 2.28. The molecule has 0 bridgehead atoms. The zero-order valence-electron chi connectivity index (χ0n) is 16.3. The molecule has 1 aromatic heterocycles. The third kappa shape index (κ3) is 3.27. The van der Waals surface area contributed by atoms with Crippen LogP contribution < -0.4 is 0 Å². The molecule has 0 atom stereocenters. The lowest BCUT2D eigenvalue weighted by Gasteiger charge is -2.43. The van der Waals surface area contributed by atoms with Crippen molar-refractivity contribution in [3.63, 3.8) is 0 Å². The van der Waals surface area contributed by atoms with Crippen molar-refractivity contribution in [2.75, 3.05) is 39.3 Å². The Bertz CT molecular complexity index is 845. The fourth-order valence-corrected chi connectivity index (χ4v) is 4.92. The Balaban J connectivity index is 1.20. The van der Waals surface area contributed by atoms with Crippen LogP contribution in [0.5, 0.6) is 0 Å². The first-order valence-corrected chi connectivity index (χ1v) is 10.5. The minimum atomic E-state index is 0.304. The van der Waals surface area contributed by atoms with Crippen molar-refractivity contribution in [3.8, 4) is 0 Å². The number of nitrogens with one attached hydrogen (secondary N) is 1. The maximum atomic E-state index is 12.8.